The predicted molar refractivity (Wildman–Crippen MR) is 106 cm³/mol. The molecule has 110 valence electrons. The lowest BCUT2D eigenvalue weighted by Crippen LogP contribution is -1.94. The number of nitrogens with one attached hydrogen (secondary N) is 1. The molecule has 2 rings (SSSR count). The SMILES string of the molecule is Oc1c(I)cc(I)cc1/C=N\Nc1c(Cl)cc(Cl)cc1Cl. The van der Waals surface area contributed by atoms with E-state index in [1.165, 1.54) is 6.21 Å². The van der Waals surface area contributed by atoms with Crippen LogP contribution in [0.4, 0.5) is 5.69 Å². The Morgan fingerprint density at radius 1 is 1.05 bits per heavy atom. The molecular formula is C13H7Cl3I2N2O. The Kier molecular flexibility index (Phi) is 6.25. The second-order valence-corrected chi connectivity index (χ2v) is 7.60. The van der Waals surface area contributed by atoms with Gasteiger partial charge in [-0.3, -0.25) is 5.43 Å². The Balaban J connectivity index is 2.25. The molecule has 0 amide bonds. The van der Waals surface area contributed by atoms with Crippen LogP contribution in [0.1, 0.15) is 5.56 Å². The third-order valence-corrected chi connectivity index (χ3v) is 4.70. The van der Waals surface area contributed by atoms with Crippen molar-refractivity contribution < 1.29 is 5.11 Å². The summed E-state index contributed by atoms with van der Waals surface area (Å²) in [6.07, 6.45) is 1.50. The van der Waals surface area contributed by atoms with E-state index >= 15 is 0 Å². The lowest BCUT2D eigenvalue weighted by molar-refractivity contribution is 0.470. The fourth-order valence-electron chi connectivity index (χ4n) is 1.50. The molecule has 0 unspecified atom stereocenters. The van der Waals surface area contributed by atoms with Crippen LogP contribution in [-0.4, -0.2) is 11.3 Å². The van der Waals surface area contributed by atoms with Crippen LogP contribution in [0.3, 0.4) is 0 Å². The van der Waals surface area contributed by atoms with E-state index in [0.29, 0.717) is 26.3 Å². The van der Waals surface area contributed by atoms with Gasteiger partial charge in [0.25, 0.3) is 0 Å². The first kappa shape index (κ1) is 17.4. The molecule has 0 spiro atoms. The van der Waals surface area contributed by atoms with Gasteiger partial charge < -0.3 is 5.11 Å². The first-order valence-electron chi connectivity index (χ1n) is 5.50. The van der Waals surface area contributed by atoms with Gasteiger partial charge in [-0.15, -0.1) is 0 Å². The predicted octanol–water partition coefficient (Wildman–Crippen LogP) is 6.01. The van der Waals surface area contributed by atoms with Gasteiger partial charge in [-0.2, -0.15) is 5.10 Å². The molecule has 3 nitrogen and oxygen atoms in total. The standard InChI is InChI=1S/C13H7Cl3I2N2O/c14-7-2-9(15)12(10(16)3-7)20-19-5-6-1-8(17)4-11(18)13(6)21/h1-5,20-21H/b19-5-. The summed E-state index contributed by atoms with van der Waals surface area (Å²) < 4.78 is 1.75. The molecule has 0 bridgehead atoms. The Bertz CT molecular complexity index is 700. The molecule has 2 aromatic carbocycles. The van der Waals surface area contributed by atoms with E-state index in [1.807, 2.05) is 12.1 Å². The molecule has 8 heteroatoms. The quantitative estimate of drug-likeness (QED) is 0.271. The summed E-state index contributed by atoms with van der Waals surface area (Å²) in [5.74, 6) is 0.176. The zero-order chi connectivity index (χ0) is 15.6. The minimum absolute atomic E-state index is 0.176. The summed E-state index contributed by atoms with van der Waals surface area (Å²) in [6.45, 7) is 0. The van der Waals surface area contributed by atoms with E-state index in [4.69, 9.17) is 34.8 Å². The van der Waals surface area contributed by atoms with Crippen LogP contribution < -0.4 is 5.43 Å². The van der Waals surface area contributed by atoms with Crippen LogP contribution in [0, 0.1) is 7.14 Å². The Hall–Kier alpha value is 0.0400. The third-order valence-electron chi connectivity index (χ3n) is 2.44. The molecule has 0 saturated carbocycles. The first-order valence-corrected chi connectivity index (χ1v) is 8.79. The number of phenols is 1. The highest BCUT2D eigenvalue weighted by Gasteiger charge is 2.08. The number of halogens is 5. The van der Waals surface area contributed by atoms with Crippen molar-refractivity contribution in [3.63, 3.8) is 0 Å². The molecule has 0 aliphatic heterocycles. The van der Waals surface area contributed by atoms with E-state index < -0.39 is 0 Å². The highest BCUT2D eigenvalue weighted by molar-refractivity contribution is 14.1. The number of hydrogen-bond donors (Lipinski definition) is 2. The maximum atomic E-state index is 9.97. The number of anilines is 1. The Morgan fingerprint density at radius 2 is 1.67 bits per heavy atom. The van der Waals surface area contributed by atoms with Crippen molar-refractivity contribution in [1.82, 2.24) is 0 Å². The van der Waals surface area contributed by atoms with Gasteiger partial charge in [-0.1, -0.05) is 34.8 Å². The maximum Gasteiger partial charge on any atom is 0.137 e. The van der Waals surface area contributed by atoms with Crippen LogP contribution in [-0.2, 0) is 0 Å². The van der Waals surface area contributed by atoms with Gasteiger partial charge in [0, 0.05) is 14.2 Å². The number of benzene rings is 2. The zero-order valence-electron chi connectivity index (χ0n) is 10.2. The third kappa shape index (κ3) is 4.51. The Labute approximate surface area is 163 Å². The molecule has 0 radical (unpaired) electrons. The fourth-order valence-corrected chi connectivity index (χ4v) is 4.29. The van der Waals surface area contributed by atoms with Gasteiger partial charge in [-0.25, -0.2) is 0 Å². The average molecular weight is 567 g/mol. The zero-order valence-corrected chi connectivity index (χ0v) is 16.8. The maximum absolute atomic E-state index is 9.97. The average Bonchev–Trinajstić information content (AvgIpc) is 2.37. The van der Waals surface area contributed by atoms with Crippen LogP contribution in [0.15, 0.2) is 29.4 Å². The fraction of sp³-hybridized carbons (Fsp3) is 0. The number of hydrazone groups is 1. The summed E-state index contributed by atoms with van der Waals surface area (Å²) in [6, 6.07) is 6.82. The summed E-state index contributed by atoms with van der Waals surface area (Å²) >= 11 is 22.2. The summed E-state index contributed by atoms with van der Waals surface area (Å²) in [5.41, 5.74) is 3.81. The van der Waals surface area contributed by atoms with Gasteiger partial charge in [-0.05, 0) is 69.4 Å². The summed E-state index contributed by atoms with van der Waals surface area (Å²) in [5, 5.41) is 15.2. The van der Waals surface area contributed by atoms with Crippen LogP contribution in [0.25, 0.3) is 0 Å². The van der Waals surface area contributed by atoms with Gasteiger partial charge in [0.1, 0.15) is 5.75 Å². The number of phenolic OH excluding ortho intramolecular Hbond substituents is 1. The van der Waals surface area contributed by atoms with Crippen LogP contribution >= 0.6 is 80.0 Å². The van der Waals surface area contributed by atoms with E-state index in [9.17, 15) is 5.11 Å². The van der Waals surface area contributed by atoms with E-state index in [1.54, 1.807) is 12.1 Å². The molecule has 0 aromatic heterocycles. The first-order chi connectivity index (χ1) is 9.88. The molecule has 21 heavy (non-hydrogen) atoms. The second kappa shape index (κ2) is 7.54. The molecule has 0 aliphatic rings. The molecule has 2 aromatic rings. The lowest BCUT2D eigenvalue weighted by atomic mass is 10.2. The van der Waals surface area contributed by atoms with Crippen molar-refractivity contribution in [2.24, 2.45) is 5.10 Å². The van der Waals surface area contributed by atoms with E-state index in [2.05, 4.69) is 55.7 Å². The number of aromatic hydroxyl groups is 1. The summed E-state index contributed by atoms with van der Waals surface area (Å²) in [4.78, 5) is 0. The minimum atomic E-state index is 0.176. The summed E-state index contributed by atoms with van der Waals surface area (Å²) in [7, 11) is 0. The van der Waals surface area contributed by atoms with Crippen molar-refractivity contribution in [1.29, 1.82) is 0 Å². The van der Waals surface area contributed by atoms with Crippen molar-refractivity contribution in [2.45, 2.75) is 0 Å². The van der Waals surface area contributed by atoms with Gasteiger partial charge >= 0.3 is 0 Å². The van der Waals surface area contributed by atoms with Crippen molar-refractivity contribution >= 4 is 91.9 Å². The number of rotatable bonds is 3. The van der Waals surface area contributed by atoms with Gasteiger partial charge in [0.15, 0.2) is 0 Å². The van der Waals surface area contributed by atoms with E-state index in [0.717, 1.165) is 7.14 Å². The molecule has 0 aliphatic carbocycles. The molecule has 0 saturated heterocycles. The number of nitrogens with zero attached hydrogens (tertiary/aromatic N) is 1. The second-order valence-electron chi connectivity index (χ2n) is 3.94. The van der Waals surface area contributed by atoms with Crippen molar-refractivity contribution in [3.8, 4) is 5.75 Å². The van der Waals surface area contributed by atoms with Crippen LogP contribution in [0.2, 0.25) is 15.1 Å². The highest BCUT2D eigenvalue weighted by Crippen LogP contribution is 2.33. The van der Waals surface area contributed by atoms with Crippen molar-refractivity contribution in [3.05, 3.63) is 52.0 Å². The number of hydrogen-bond acceptors (Lipinski definition) is 3. The highest BCUT2D eigenvalue weighted by atomic mass is 127. The monoisotopic (exact) mass is 566 g/mol. The smallest absolute Gasteiger partial charge is 0.137 e. The normalized spacial score (nSPS) is 11.1. The lowest BCUT2D eigenvalue weighted by Gasteiger charge is -2.07. The van der Waals surface area contributed by atoms with Gasteiger partial charge in [0.2, 0.25) is 0 Å². The minimum Gasteiger partial charge on any atom is -0.506 e. The molecule has 0 fully saturated rings. The van der Waals surface area contributed by atoms with Gasteiger partial charge in [0.05, 0.1) is 25.5 Å². The molecule has 0 heterocycles. The molecule has 2 N–H and O–H groups in total. The topological polar surface area (TPSA) is 44.6 Å². The molecule has 0 atom stereocenters. The molecular weight excluding hydrogens is 560 g/mol. The largest absolute Gasteiger partial charge is 0.506 e. The van der Waals surface area contributed by atoms with Crippen molar-refractivity contribution in [2.75, 3.05) is 5.43 Å². The van der Waals surface area contributed by atoms with E-state index in [-0.39, 0.29) is 5.75 Å². The Morgan fingerprint density at radius 3 is 2.29 bits per heavy atom. The van der Waals surface area contributed by atoms with Crippen LogP contribution in [0.5, 0.6) is 5.75 Å².